The number of carboxylic acids is 1. The van der Waals surface area contributed by atoms with E-state index in [9.17, 15) is 17.6 Å². The lowest BCUT2D eigenvalue weighted by molar-refractivity contribution is 0.0693. The van der Waals surface area contributed by atoms with Gasteiger partial charge in [-0.3, -0.25) is 4.72 Å². The van der Waals surface area contributed by atoms with Crippen molar-refractivity contribution in [1.82, 2.24) is 0 Å². The van der Waals surface area contributed by atoms with Gasteiger partial charge in [0.25, 0.3) is 10.0 Å². The molecule has 0 heterocycles. The van der Waals surface area contributed by atoms with Gasteiger partial charge in [0.1, 0.15) is 11.4 Å². The topological polar surface area (TPSA) is 83.5 Å². The molecule has 2 aromatic carbocycles. The Morgan fingerprint density at radius 1 is 1.14 bits per heavy atom. The van der Waals surface area contributed by atoms with Gasteiger partial charge in [-0.1, -0.05) is 22.0 Å². The molecule has 2 N–H and O–H groups in total. The molecule has 2 aromatic rings. The van der Waals surface area contributed by atoms with Crippen LogP contribution >= 0.6 is 15.9 Å². The van der Waals surface area contributed by atoms with E-state index in [1.807, 2.05) is 0 Å². The highest BCUT2D eigenvalue weighted by Crippen LogP contribution is 2.23. The zero-order chi connectivity index (χ0) is 15.6. The van der Waals surface area contributed by atoms with Crippen LogP contribution in [-0.4, -0.2) is 19.5 Å². The van der Waals surface area contributed by atoms with E-state index < -0.39 is 27.4 Å². The van der Waals surface area contributed by atoms with Gasteiger partial charge in [0.15, 0.2) is 0 Å². The Bertz CT molecular complexity index is 790. The van der Waals surface area contributed by atoms with Crippen LogP contribution in [0.5, 0.6) is 0 Å². The number of benzene rings is 2. The summed E-state index contributed by atoms with van der Waals surface area (Å²) in [5.41, 5.74) is -1.05. The Morgan fingerprint density at radius 2 is 1.76 bits per heavy atom. The van der Waals surface area contributed by atoms with Gasteiger partial charge in [-0.25, -0.2) is 17.6 Å². The van der Waals surface area contributed by atoms with E-state index >= 15 is 0 Å². The summed E-state index contributed by atoms with van der Waals surface area (Å²) in [5, 5.41) is 8.97. The Labute approximate surface area is 128 Å². The standard InChI is InChI=1S/C13H9BrFNO4S/c14-8-4-6-9(7-5-8)21(19,20)16-11-3-1-2-10(15)12(11)13(17)18/h1-7,16H,(H,17,18). The molecule has 0 fully saturated rings. The quantitative estimate of drug-likeness (QED) is 0.862. The van der Waals surface area contributed by atoms with Crippen LogP contribution in [0.15, 0.2) is 51.8 Å². The van der Waals surface area contributed by atoms with E-state index in [-0.39, 0.29) is 10.6 Å². The average molecular weight is 374 g/mol. The number of anilines is 1. The predicted octanol–water partition coefficient (Wildman–Crippen LogP) is 3.09. The molecule has 5 nitrogen and oxygen atoms in total. The first-order chi connectivity index (χ1) is 9.81. The minimum atomic E-state index is -4.00. The summed E-state index contributed by atoms with van der Waals surface area (Å²) >= 11 is 3.18. The van der Waals surface area contributed by atoms with Crippen LogP contribution in [0, 0.1) is 5.82 Å². The Kier molecular flexibility index (Phi) is 4.29. The Morgan fingerprint density at radius 3 is 2.33 bits per heavy atom. The summed E-state index contributed by atoms with van der Waals surface area (Å²) in [6.07, 6.45) is 0. The summed E-state index contributed by atoms with van der Waals surface area (Å²) in [6, 6.07) is 9.08. The number of rotatable bonds is 4. The smallest absolute Gasteiger partial charge is 0.340 e. The highest BCUT2D eigenvalue weighted by molar-refractivity contribution is 9.10. The van der Waals surface area contributed by atoms with E-state index in [0.29, 0.717) is 4.47 Å². The summed E-state index contributed by atoms with van der Waals surface area (Å²) in [5.74, 6) is -2.57. The fraction of sp³-hybridized carbons (Fsp3) is 0. The minimum absolute atomic E-state index is 0.0636. The highest BCUT2D eigenvalue weighted by Gasteiger charge is 2.21. The third-order valence-corrected chi connectivity index (χ3v) is 4.51. The first kappa shape index (κ1) is 15.5. The largest absolute Gasteiger partial charge is 0.478 e. The van der Waals surface area contributed by atoms with Gasteiger partial charge in [0.2, 0.25) is 0 Å². The molecule has 0 aromatic heterocycles. The maximum atomic E-state index is 13.5. The molecule has 8 heteroatoms. The highest BCUT2D eigenvalue weighted by atomic mass is 79.9. The SMILES string of the molecule is O=C(O)c1c(F)cccc1NS(=O)(=O)c1ccc(Br)cc1. The van der Waals surface area contributed by atoms with Crippen molar-refractivity contribution in [1.29, 1.82) is 0 Å². The number of carbonyl (C=O) groups is 1. The first-order valence-corrected chi connectivity index (χ1v) is 7.89. The van der Waals surface area contributed by atoms with Crippen LogP contribution in [-0.2, 0) is 10.0 Å². The number of aromatic carboxylic acids is 1. The van der Waals surface area contributed by atoms with Crippen molar-refractivity contribution in [2.45, 2.75) is 4.90 Å². The van der Waals surface area contributed by atoms with Crippen molar-refractivity contribution < 1.29 is 22.7 Å². The van der Waals surface area contributed by atoms with E-state index in [1.54, 1.807) is 0 Å². The molecule has 0 amide bonds. The number of hydrogen-bond acceptors (Lipinski definition) is 3. The van der Waals surface area contributed by atoms with E-state index in [0.717, 1.165) is 6.07 Å². The second-order valence-corrected chi connectivity index (χ2v) is 6.63. The lowest BCUT2D eigenvalue weighted by Crippen LogP contribution is -2.16. The predicted molar refractivity (Wildman–Crippen MR) is 78.3 cm³/mol. The second-order valence-electron chi connectivity index (χ2n) is 4.03. The fourth-order valence-electron chi connectivity index (χ4n) is 1.64. The molecule has 0 aliphatic carbocycles. The molecule has 2 rings (SSSR count). The van der Waals surface area contributed by atoms with E-state index in [1.165, 1.54) is 36.4 Å². The minimum Gasteiger partial charge on any atom is -0.478 e. The van der Waals surface area contributed by atoms with Crippen molar-refractivity contribution in [2.24, 2.45) is 0 Å². The molecule has 0 atom stereocenters. The maximum Gasteiger partial charge on any atom is 0.340 e. The van der Waals surface area contributed by atoms with Crippen molar-refractivity contribution in [3.05, 3.63) is 58.3 Å². The fourth-order valence-corrected chi connectivity index (χ4v) is 2.98. The summed E-state index contributed by atoms with van der Waals surface area (Å²) < 4.78 is 40.6. The van der Waals surface area contributed by atoms with Crippen LogP contribution in [0.3, 0.4) is 0 Å². The molecule has 0 unspecified atom stereocenters. The molecule has 0 bridgehead atoms. The number of nitrogens with one attached hydrogen (secondary N) is 1. The van der Waals surface area contributed by atoms with Crippen LogP contribution < -0.4 is 4.72 Å². The van der Waals surface area contributed by atoms with Crippen molar-refractivity contribution in [3.8, 4) is 0 Å². The Hall–Kier alpha value is -1.93. The molecule has 0 aliphatic rings. The van der Waals surface area contributed by atoms with E-state index in [4.69, 9.17) is 5.11 Å². The molecule has 0 saturated heterocycles. The number of halogens is 2. The summed E-state index contributed by atoms with van der Waals surface area (Å²) in [6.45, 7) is 0. The van der Waals surface area contributed by atoms with Crippen LogP contribution in [0.1, 0.15) is 10.4 Å². The van der Waals surface area contributed by atoms with Crippen molar-refractivity contribution in [3.63, 3.8) is 0 Å². The average Bonchev–Trinajstić information content (AvgIpc) is 2.38. The Balaban J connectivity index is 2.44. The van der Waals surface area contributed by atoms with Crippen LogP contribution in [0.2, 0.25) is 0 Å². The normalized spacial score (nSPS) is 11.1. The zero-order valence-corrected chi connectivity index (χ0v) is 12.8. The molecular weight excluding hydrogens is 365 g/mol. The second kappa shape index (κ2) is 5.82. The molecule has 0 saturated carbocycles. The summed E-state index contributed by atoms with van der Waals surface area (Å²) in [7, 11) is -4.00. The lowest BCUT2D eigenvalue weighted by Gasteiger charge is -2.11. The molecule has 0 spiro atoms. The first-order valence-electron chi connectivity index (χ1n) is 5.61. The van der Waals surface area contributed by atoms with Crippen molar-refractivity contribution in [2.75, 3.05) is 4.72 Å². The summed E-state index contributed by atoms with van der Waals surface area (Å²) in [4.78, 5) is 11.0. The van der Waals surface area contributed by atoms with Crippen molar-refractivity contribution >= 4 is 37.6 Å². The zero-order valence-electron chi connectivity index (χ0n) is 10.4. The van der Waals surface area contributed by atoms with E-state index in [2.05, 4.69) is 20.7 Å². The lowest BCUT2D eigenvalue weighted by atomic mass is 10.2. The molecule has 21 heavy (non-hydrogen) atoms. The molecule has 0 aliphatic heterocycles. The third-order valence-electron chi connectivity index (χ3n) is 2.60. The number of carboxylic acid groups (broad SMARTS) is 1. The maximum absolute atomic E-state index is 13.5. The van der Waals surface area contributed by atoms with Gasteiger partial charge in [-0.15, -0.1) is 0 Å². The van der Waals surface area contributed by atoms with Gasteiger partial charge >= 0.3 is 5.97 Å². The van der Waals surface area contributed by atoms with Gasteiger partial charge in [0.05, 0.1) is 10.6 Å². The number of hydrogen-bond donors (Lipinski definition) is 2. The third kappa shape index (κ3) is 3.40. The molecule has 110 valence electrons. The van der Waals surface area contributed by atoms with Gasteiger partial charge < -0.3 is 5.11 Å². The van der Waals surface area contributed by atoms with Gasteiger partial charge in [0, 0.05) is 4.47 Å². The van der Waals surface area contributed by atoms with Crippen LogP contribution in [0.25, 0.3) is 0 Å². The van der Waals surface area contributed by atoms with Gasteiger partial charge in [-0.05, 0) is 36.4 Å². The number of sulfonamides is 1. The van der Waals surface area contributed by atoms with Gasteiger partial charge in [-0.2, -0.15) is 0 Å². The molecular formula is C13H9BrFNO4S. The molecule has 0 radical (unpaired) electrons. The monoisotopic (exact) mass is 373 g/mol. The van der Waals surface area contributed by atoms with Crippen LogP contribution in [0.4, 0.5) is 10.1 Å².